The van der Waals surface area contributed by atoms with Crippen LogP contribution in [0.3, 0.4) is 0 Å². The maximum absolute atomic E-state index is 13.2. The van der Waals surface area contributed by atoms with Crippen LogP contribution in [0, 0.1) is 0 Å². The fourth-order valence-electron chi connectivity index (χ4n) is 3.84. The van der Waals surface area contributed by atoms with Crippen molar-refractivity contribution in [3.05, 3.63) is 71.8 Å². The molecule has 0 aromatic heterocycles. The molecule has 8 nitrogen and oxygen atoms in total. The van der Waals surface area contributed by atoms with Crippen LogP contribution < -0.4 is 20.1 Å². The van der Waals surface area contributed by atoms with Crippen LogP contribution in [-0.4, -0.2) is 43.5 Å². The minimum absolute atomic E-state index is 0.276. The Hall–Kier alpha value is -4.07. The summed E-state index contributed by atoms with van der Waals surface area (Å²) in [7, 11) is 3.18. The van der Waals surface area contributed by atoms with Gasteiger partial charge in [0.15, 0.2) is 0 Å². The summed E-state index contributed by atoms with van der Waals surface area (Å²) in [5.74, 6) is 0.555. The molecule has 0 unspecified atom stereocenters. The Morgan fingerprint density at radius 2 is 1.58 bits per heavy atom. The normalized spacial score (nSPS) is 17.7. The number of rotatable bonds is 7. The van der Waals surface area contributed by atoms with Crippen molar-refractivity contribution in [1.29, 1.82) is 0 Å². The Labute approximate surface area is 191 Å². The zero-order chi connectivity index (χ0) is 23.6. The van der Waals surface area contributed by atoms with Crippen molar-refractivity contribution in [2.45, 2.75) is 19.0 Å². The number of amides is 4. The average Bonchev–Trinajstić information content (AvgIpc) is 3.06. The van der Waals surface area contributed by atoms with E-state index >= 15 is 0 Å². The summed E-state index contributed by atoms with van der Waals surface area (Å²) in [6.45, 7) is 1.56. The van der Waals surface area contributed by atoms with Gasteiger partial charge in [0.1, 0.15) is 23.6 Å². The number of fused-ring (bicyclic) bond motifs is 1. The predicted molar refractivity (Wildman–Crippen MR) is 123 cm³/mol. The lowest BCUT2D eigenvalue weighted by Gasteiger charge is -2.22. The fraction of sp³-hybridized carbons (Fsp3) is 0.240. The van der Waals surface area contributed by atoms with E-state index in [9.17, 15) is 14.4 Å². The van der Waals surface area contributed by atoms with E-state index in [1.165, 1.54) is 0 Å². The average molecular weight is 447 g/mol. The Morgan fingerprint density at radius 1 is 0.939 bits per heavy atom. The summed E-state index contributed by atoms with van der Waals surface area (Å²) in [5, 5.41) is 7.35. The first-order valence-electron chi connectivity index (χ1n) is 10.5. The lowest BCUT2D eigenvalue weighted by atomic mass is 9.90. The Morgan fingerprint density at radius 3 is 2.27 bits per heavy atom. The van der Waals surface area contributed by atoms with Crippen LogP contribution in [0.15, 0.2) is 60.7 Å². The Bertz CT molecular complexity index is 1220. The third-order valence-corrected chi connectivity index (χ3v) is 5.85. The molecular weight excluding hydrogens is 422 g/mol. The van der Waals surface area contributed by atoms with E-state index in [4.69, 9.17) is 9.47 Å². The molecule has 1 heterocycles. The second-order valence-electron chi connectivity index (χ2n) is 8.00. The van der Waals surface area contributed by atoms with Gasteiger partial charge in [-0.2, -0.15) is 0 Å². The topological polar surface area (TPSA) is 97.0 Å². The number of carbonyl (C=O) groups excluding carboxylic acids is 3. The first kappa shape index (κ1) is 22.1. The van der Waals surface area contributed by atoms with E-state index in [-0.39, 0.29) is 13.1 Å². The minimum Gasteiger partial charge on any atom is -0.497 e. The Kier molecular flexibility index (Phi) is 5.91. The van der Waals surface area contributed by atoms with Crippen LogP contribution >= 0.6 is 0 Å². The molecule has 1 aliphatic rings. The summed E-state index contributed by atoms with van der Waals surface area (Å²) >= 11 is 0. The molecule has 1 aliphatic heterocycles. The zero-order valence-electron chi connectivity index (χ0n) is 18.7. The summed E-state index contributed by atoms with van der Waals surface area (Å²) < 4.78 is 10.4. The highest BCUT2D eigenvalue weighted by Gasteiger charge is 2.49. The van der Waals surface area contributed by atoms with Crippen molar-refractivity contribution in [2.75, 3.05) is 20.8 Å². The maximum atomic E-state index is 13.2. The van der Waals surface area contributed by atoms with E-state index in [1.54, 1.807) is 39.3 Å². The standard InChI is InChI=1S/C25H25N3O5/c1-25(19-8-6-18-13-21(33-3)11-7-17(18)12-19)23(30)28(24(31)27-25)15-22(29)26-14-16-4-9-20(32-2)10-5-16/h4-13H,14-15H2,1-3H3,(H,26,29)(H,27,31)/t25-/m0/s1. The van der Waals surface area contributed by atoms with E-state index in [0.29, 0.717) is 5.56 Å². The predicted octanol–water partition coefficient (Wildman–Crippen LogP) is 2.94. The fourth-order valence-corrected chi connectivity index (χ4v) is 3.84. The summed E-state index contributed by atoms with van der Waals surface area (Å²) in [4.78, 5) is 39.2. The molecule has 1 atom stereocenters. The molecular formula is C25H25N3O5. The van der Waals surface area contributed by atoms with Crippen molar-refractivity contribution in [3.8, 4) is 11.5 Å². The van der Waals surface area contributed by atoms with Crippen LogP contribution in [0.5, 0.6) is 11.5 Å². The molecule has 4 amide bonds. The number of benzene rings is 3. The molecule has 2 N–H and O–H groups in total. The van der Waals surface area contributed by atoms with Gasteiger partial charge in [0.2, 0.25) is 5.91 Å². The number of hydrogen-bond acceptors (Lipinski definition) is 5. The highest BCUT2D eigenvalue weighted by Crippen LogP contribution is 2.32. The molecule has 1 fully saturated rings. The van der Waals surface area contributed by atoms with Crippen molar-refractivity contribution in [2.24, 2.45) is 0 Å². The molecule has 0 aliphatic carbocycles. The monoisotopic (exact) mass is 447 g/mol. The first-order chi connectivity index (χ1) is 15.8. The summed E-state index contributed by atoms with van der Waals surface area (Å²) in [5.41, 5.74) is 0.250. The van der Waals surface area contributed by atoms with Crippen LogP contribution in [0.2, 0.25) is 0 Å². The molecule has 0 spiro atoms. The largest absolute Gasteiger partial charge is 0.497 e. The Balaban J connectivity index is 1.45. The van der Waals surface area contributed by atoms with Gasteiger partial charge < -0.3 is 20.1 Å². The SMILES string of the molecule is COc1ccc(CNC(=O)CN2C(=O)N[C@@](C)(c3ccc4cc(OC)ccc4c3)C2=O)cc1. The van der Waals surface area contributed by atoms with Crippen molar-refractivity contribution < 1.29 is 23.9 Å². The van der Waals surface area contributed by atoms with Crippen LogP contribution in [-0.2, 0) is 21.7 Å². The van der Waals surface area contributed by atoms with Gasteiger partial charge in [0.05, 0.1) is 14.2 Å². The molecule has 0 saturated carbocycles. The molecule has 1 saturated heterocycles. The number of nitrogens with zero attached hydrogens (tertiary/aromatic N) is 1. The van der Waals surface area contributed by atoms with Crippen molar-refractivity contribution >= 4 is 28.6 Å². The first-order valence-corrected chi connectivity index (χ1v) is 10.5. The van der Waals surface area contributed by atoms with E-state index < -0.39 is 23.4 Å². The number of carbonyl (C=O) groups is 3. The van der Waals surface area contributed by atoms with Gasteiger partial charge in [-0.3, -0.25) is 14.5 Å². The van der Waals surface area contributed by atoms with Crippen molar-refractivity contribution in [3.63, 3.8) is 0 Å². The molecule has 3 aromatic rings. The number of imide groups is 1. The number of urea groups is 1. The van der Waals surface area contributed by atoms with Gasteiger partial charge in [0, 0.05) is 6.54 Å². The quantitative estimate of drug-likeness (QED) is 0.543. The molecule has 0 bridgehead atoms. The minimum atomic E-state index is -1.26. The highest BCUT2D eigenvalue weighted by atomic mass is 16.5. The number of methoxy groups -OCH3 is 2. The number of nitrogens with one attached hydrogen (secondary N) is 2. The van der Waals surface area contributed by atoms with Crippen LogP contribution in [0.4, 0.5) is 4.79 Å². The van der Waals surface area contributed by atoms with Gasteiger partial charge in [-0.1, -0.05) is 30.3 Å². The molecule has 33 heavy (non-hydrogen) atoms. The van der Waals surface area contributed by atoms with Crippen LogP contribution in [0.25, 0.3) is 10.8 Å². The third kappa shape index (κ3) is 4.32. The summed E-state index contributed by atoms with van der Waals surface area (Å²) in [6, 6.07) is 17.8. The zero-order valence-corrected chi connectivity index (χ0v) is 18.7. The molecule has 8 heteroatoms. The molecule has 170 valence electrons. The van der Waals surface area contributed by atoms with E-state index in [1.807, 2.05) is 42.5 Å². The maximum Gasteiger partial charge on any atom is 0.325 e. The smallest absolute Gasteiger partial charge is 0.325 e. The van der Waals surface area contributed by atoms with Gasteiger partial charge in [0.25, 0.3) is 5.91 Å². The summed E-state index contributed by atoms with van der Waals surface area (Å²) in [6.07, 6.45) is 0. The third-order valence-electron chi connectivity index (χ3n) is 5.85. The number of ether oxygens (including phenoxy) is 2. The van der Waals surface area contributed by atoms with Crippen LogP contribution in [0.1, 0.15) is 18.1 Å². The lowest BCUT2D eigenvalue weighted by Crippen LogP contribution is -2.43. The van der Waals surface area contributed by atoms with Gasteiger partial charge in [-0.15, -0.1) is 0 Å². The molecule has 4 rings (SSSR count). The molecule has 3 aromatic carbocycles. The van der Waals surface area contributed by atoms with Gasteiger partial charge in [-0.05, 0) is 59.2 Å². The lowest BCUT2D eigenvalue weighted by molar-refractivity contribution is -0.134. The second kappa shape index (κ2) is 8.82. The highest BCUT2D eigenvalue weighted by molar-refractivity contribution is 6.09. The van der Waals surface area contributed by atoms with E-state index in [2.05, 4.69) is 10.6 Å². The van der Waals surface area contributed by atoms with E-state index in [0.717, 1.165) is 32.7 Å². The second-order valence-corrected chi connectivity index (χ2v) is 8.00. The molecule has 0 radical (unpaired) electrons. The van der Waals surface area contributed by atoms with Gasteiger partial charge in [-0.25, -0.2) is 4.79 Å². The number of hydrogen-bond donors (Lipinski definition) is 2. The van der Waals surface area contributed by atoms with Crippen molar-refractivity contribution in [1.82, 2.24) is 15.5 Å². The van der Waals surface area contributed by atoms with Gasteiger partial charge >= 0.3 is 6.03 Å².